The predicted molar refractivity (Wildman–Crippen MR) is 292 cm³/mol. The molecular formula is C65H52N4O. The average molecular weight is 908 g/mol. The molecule has 0 unspecified atom stereocenters. The van der Waals surface area contributed by atoms with Crippen LogP contribution in [-0.2, 0) is 5.41 Å². The van der Waals surface area contributed by atoms with Crippen molar-refractivity contribution < 1.29 is 8.85 Å². The summed E-state index contributed by atoms with van der Waals surface area (Å²) < 4.78 is 35.2. The van der Waals surface area contributed by atoms with Crippen molar-refractivity contribution in [1.29, 1.82) is 0 Å². The Labute approximate surface area is 414 Å². The highest BCUT2D eigenvalue weighted by atomic mass is 16.5. The van der Waals surface area contributed by atoms with E-state index in [4.69, 9.17) is 13.8 Å². The summed E-state index contributed by atoms with van der Waals surface area (Å²) in [6, 6.07) is 77.5. The topological polar surface area (TPSA) is 33.5 Å². The predicted octanol–water partition coefficient (Wildman–Crippen LogP) is 17.5. The van der Waals surface area contributed by atoms with E-state index in [9.17, 15) is 0 Å². The molecule has 12 rings (SSSR count). The van der Waals surface area contributed by atoms with Gasteiger partial charge in [0.25, 0.3) is 0 Å². The second-order valence-corrected chi connectivity index (χ2v) is 19.1. The van der Waals surface area contributed by atoms with E-state index in [1.165, 1.54) is 0 Å². The third-order valence-corrected chi connectivity index (χ3v) is 13.6. The molecule has 5 heteroatoms. The lowest BCUT2D eigenvalue weighted by Gasteiger charge is -2.28. The molecule has 1 aliphatic rings. The fraction of sp³-hybridized carbons (Fsp3) is 0.0923. The largest absolute Gasteiger partial charge is 0.457 e. The molecule has 3 heterocycles. The number of rotatable bonds is 9. The lowest BCUT2D eigenvalue weighted by molar-refractivity contribution is 0.479. The number of fused-ring (bicyclic) bond motifs is 4. The van der Waals surface area contributed by atoms with Gasteiger partial charge in [-0.2, -0.15) is 0 Å². The van der Waals surface area contributed by atoms with Gasteiger partial charge in [-0.15, -0.1) is 0 Å². The number of benzene rings is 9. The minimum atomic E-state index is -2.39. The first kappa shape index (κ1) is 39.3. The summed E-state index contributed by atoms with van der Waals surface area (Å²) in [5.41, 5.74) is 15.5. The minimum Gasteiger partial charge on any atom is -0.457 e. The number of anilines is 4. The van der Waals surface area contributed by atoms with E-state index in [0.29, 0.717) is 29.5 Å². The number of hydrogen-bond donors (Lipinski definition) is 0. The van der Waals surface area contributed by atoms with Gasteiger partial charge < -0.3 is 14.5 Å². The monoisotopic (exact) mass is 907 g/mol. The summed E-state index contributed by atoms with van der Waals surface area (Å²) in [5, 5.41) is 2.01. The Bertz CT molecular complexity index is 3770. The molecule has 0 saturated heterocycles. The van der Waals surface area contributed by atoms with Crippen LogP contribution in [0.25, 0.3) is 72.1 Å². The molecule has 0 atom stereocenters. The Balaban J connectivity index is 0.986. The van der Waals surface area contributed by atoms with E-state index in [2.05, 4.69) is 199 Å². The first-order valence-electron chi connectivity index (χ1n) is 25.4. The number of nitrogens with zero attached hydrogens (tertiary/aromatic N) is 4. The van der Waals surface area contributed by atoms with E-state index in [0.717, 1.165) is 89.1 Å². The molecule has 9 aromatic carbocycles. The van der Waals surface area contributed by atoms with Gasteiger partial charge in [-0.25, -0.2) is 4.98 Å². The van der Waals surface area contributed by atoms with Gasteiger partial charge in [0.1, 0.15) is 24.0 Å². The van der Waals surface area contributed by atoms with Crippen LogP contribution in [0.15, 0.2) is 231 Å². The van der Waals surface area contributed by atoms with Gasteiger partial charge in [-0.05, 0) is 106 Å². The van der Waals surface area contributed by atoms with Crippen molar-refractivity contribution in [3.63, 3.8) is 0 Å². The third kappa shape index (κ3) is 7.76. The number of aromatic nitrogens is 2. The highest BCUT2D eigenvalue weighted by molar-refractivity contribution is 6.11. The van der Waals surface area contributed by atoms with Crippen LogP contribution in [0.5, 0.6) is 11.5 Å². The van der Waals surface area contributed by atoms with E-state index >= 15 is 0 Å². The van der Waals surface area contributed by atoms with Gasteiger partial charge in [-0.3, -0.25) is 4.57 Å². The molecular weight excluding hydrogens is 853 g/mol. The maximum Gasteiger partial charge on any atom is 0.137 e. The van der Waals surface area contributed by atoms with Crippen molar-refractivity contribution >= 4 is 44.6 Å². The molecule has 0 amide bonds. The van der Waals surface area contributed by atoms with Crippen molar-refractivity contribution in [3.05, 3.63) is 242 Å². The van der Waals surface area contributed by atoms with Crippen LogP contribution < -0.4 is 14.5 Å². The number of hydrogen-bond acceptors (Lipinski definition) is 4. The van der Waals surface area contributed by atoms with Gasteiger partial charge in [0.2, 0.25) is 0 Å². The third-order valence-electron chi connectivity index (χ3n) is 13.6. The fourth-order valence-electron chi connectivity index (χ4n) is 10.1. The normalized spacial score (nSPS) is 13.3. The Hall–Kier alpha value is -8.67. The lowest BCUT2D eigenvalue weighted by Crippen LogP contribution is -2.25. The molecule has 70 heavy (non-hydrogen) atoms. The zero-order valence-corrected chi connectivity index (χ0v) is 39.3. The molecule has 2 aromatic heterocycles. The summed E-state index contributed by atoms with van der Waals surface area (Å²) >= 11 is 0. The number of aryl methyl sites for hydroxylation is 1. The quantitative estimate of drug-likeness (QED) is 0.144. The number of ether oxygens (including phenoxy) is 1. The first-order valence-corrected chi connectivity index (χ1v) is 23.9. The molecule has 0 aliphatic carbocycles. The SMILES string of the molecule is [2H]C([2H])([2H])c1cc(-n2c3ccc(-c4ccccc4)cc3c3ccc(Oc4cc(N5CN(c6c(-c7ccccc7)cccc6-c6ccccc6)c6ccccc65)cc(C(C)(C)C)c4)cc32)ncc1-c1ccccc1. The van der Waals surface area contributed by atoms with E-state index in [-0.39, 0.29) is 11.0 Å². The van der Waals surface area contributed by atoms with Crippen LogP contribution in [0.1, 0.15) is 36.0 Å². The summed E-state index contributed by atoms with van der Waals surface area (Å²) in [6.45, 7) is 4.89. The Kier molecular flexibility index (Phi) is 9.80. The molecule has 0 bridgehead atoms. The van der Waals surface area contributed by atoms with Crippen molar-refractivity contribution in [1.82, 2.24) is 9.55 Å². The average Bonchev–Trinajstić information content (AvgIpc) is 3.96. The second kappa shape index (κ2) is 17.4. The first-order chi connectivity index (χ1) is 35.5. The second-order valence-electron chi connectivity index (χ2n) is 19.1. The Morgan fingerprint density at radius 1 is 0.471 bits per heavy atom. The maximum atomic E-state index is 8.69. The number of para-hydroxylation sites is 3. The number of pyridine rings is 1. The Morgan fingerprint density at radius 3 is 1.70 bits per heavy atom. The van der Waals surface area contributed by atoms with Crippen molar-refractivity contribution in [2.24, 2.45) is 0 Å². The summed E-state index contributed by atoms with van der Waals surface area (Å²) in [4.78, 5) is 9.87. The van der Waals surface area contributed by atoms with Crippen molar-refractivity contribution in [3.8, 4) is 61.8 Å². The minimum absolute atomic E-state index is 0.210. The standard InChI is InChI=1S/C65H52N4O/c1-44-36-63(66-42-58(44)48-26-15-8-16-27-48)69-59-35-32-49(45-20-9-5-10-21-45)37-57(59)56-34-33-52(41-62(56)69)70-53-39-50(65(2,3)4)38-51(40-53)67-43-68(61-31-18-17-30-60(61)67)64-54(46-22-11-6-12-23-46)28-19-29-55(64)47-24-13-7-14-25-47/h5-42H,43H2,1-4H3/i1D3. The molecule has 0 fully saturated rings. The summed E-state index contributed by atoms with van der Waals surface area (Å²) in [5.74, 6) is 1.85. The van der Waals surface area contributed by atoms with Crippen molar-refractivity contribution in [2.45, 2.75) is 33.0 Å². The highest BCUT2D eigenvalue weighted by Crippen LogP contribution is 2.51. The molecule has 1 aliphatic heterocycles. The van der Waals surface area contributed by atoms with Gasteiger partial charge in [0.15, 0.2) is 0 Å². The van der Waals surface area contributed by atoms with E-state index in [1.54, 1.807) is 12.3 Å². The lowest BCUT2D eigenvalue weighted by atomic mass is 9.86. The maximum absolute atomic E-state index is 8.69. The molecule has 338 valence electrons. The van der Waals surface area contributed by atoms with Gasteiger partial charge in [0, 0.05) is 55.6 Å². The van der Waals surface area contributed by atoms with Gasteiger partial charge in [-0.1, -0.05) is 178 Å². The summed E-state index contributed by atoms with van der Waals surface area (Å²) in [6.07, 6.45) is 1.70. The fourth-order valence-corrected chi connectivity index (χ4v) is 10.1. The molecule has 11 aromatic rings. The van der Waals surface area contributed by atoms with E-state index in [1.807, 2.05) is 54.6 Å². The molecule has 0 spiro atoms. The van der Waals surface area contributed by atoms with Crippen LogP contribution in [-0.4, -0.2) is 16.2 Å². The van der Waals surface area contributed by atoms with Crippen LogP contribution in [0.4, 0.5) is 22.7 Å². The van der Waals surface area contributed by atoms with Crippen molar-refractivity contribution in [2.75, 3.05) is 16.5 Å². The van der Waals surface area contributed by atoms with Gasteiger partial charge in [0.05, 0.1) is 28.1 Å². The van der Waals surface area contributed by atoms with Crippen LogP contribution in [0.2, 0.25) is 0 Å². The summed E-state index contributed by atoms with van der Waals surface area (Å²) in [7, 11) is 0. The molecule has 0 saturated carbocycles. The zero-order valence-electron chi connectivity index (χ0n) is 42.3. The zero-order chi connectivity index (χ0) is 49.8. The van der Waals surface area contributed by atoms with Crippen LogP contribution in [0, 0.1) is 6.85 Å². The van der Waals surface area contributed by atoms with Crippen LogP contribution in [0.3, 0.4) is 0 Å². The molecule has 0 radical (unpaired) electrons. The Morgan fingerprint density at radius 2 is 1.07 bits per heavy atom. The van der Waals surface area contributed by atoms with E-state index < -0.39 is 6.85 Å². The van der Waals surface area contributed by atoms with Gasteiger partial charge >= 0.3 is 0 Å². The van der Waals surface area contributed by atoms with Crippen LogP contribution >= 0.6 is 0 Å². The highest BCUT2D eigenvalue weighted by Gasteiger charge is 2.32. The molecule has 5 nitrogen and oxygen atoms in total. The molecule has 0 N–H and O–H groups in total. The smallest absolute Gasteiger partial charge is 0.137 e.